The molecule has 4 unspecified atom stereocenters. The van der Waals surface area contributed by atoms with E-state index in [-0.39, 0.29) is 29.7 Å². The molecule has 0 saturated carbocycles. The van der Waals surface area contributed by atoms with E-state index in [4.69, 9.17) is 9.47 Å². The zero-order valence-corrected chi connectivity index (χ0v) is 20.5. The first-order valence-electron chi connectivity index (χ1n) is 11.2. The molecule has 7 nitrogen and oxygen atoms in total. The number of methoxy groups -OCH3 is 1. The molecule has 0 bridgehead atoms. The van der Waals surface area contributed by atoms with Crippen LogP contribution in [0.2, 0.25) is 0 Å². The molecule has 34 heavy (non-hydrogen) atoms. The number of phenolic OH excluding ortho intramolecular Hbond substituents is 1. The molecule has 2 fully saturated rings. The van der Waals surface area contributed by atoms with Crippen molar-refractivity contribution in [3.8, 4) is 17.2 Å². The molecule has 5 rings (SSSR count). The van der Waals surface area contributed by atoms with Crippen molar-refractivity contribution in [2.45, 2.75) is 25.0 Å². The highest BCUT2D eigenvalue weighted by Gasteiger charge is 2.56. The van der Waals surface area contributed by atoms with Gasteiger partial charge in [-0.2, -0.15) is 0 Å². The van der Waals surface area contributed by atoms with Crippen molar-refractivity contribution in [3.05, 3.63) is 82.3 Å². The SMILES string of the molecule is CCOc1cc(C2C3C(NNC3c3ccc(OC)cc3)C(=O)N2c2ccc(Br)cc2)ccc1O. The van der Waals surface area contributed by atoms with Crippen LogP contribution >= 0.6 is 15.9 Å². The molecular formula is C26H26BrN3O4. The van der Waals surface area contributed by atoms with Gasteiger partial charge in [0.05, 0.1) is 25.8 Å². The summed E-state index contributed by atoms with van der Waals surface area (Å²) in [5.74, 6) is 1.15. The third-order valence-electron chi connectivity index (χ3n) is 6.52. The number of aromatic hydroxyl groups is 1. The highest BCUT2D eigenvalue weighted by atomic mass is 79.9. The van der Waals surface area contributed by atoms with Gasteiger partial charge in [0.2, 0.25) is 5.91 Å². The summed E-state index contributed by atoms with van der Waals surface area (Å²) in [5.41, 5.74) is 9.36. The summed E-state index contributed by atoms with van der Waals surface area (Å²) < 4.78 is 11.9. The zero-order chi connectivity index (χ0) is 23.8. The molecule has 0 aliphatic carbocycles. The van der Waals surface area contributed by atoms with Crippen LogP contribution in [0.25, 0.3) is 0 Å². The minimum Gasteiger partial charge on any atom is -0.504 e. The molecule has 0 spiro atoms. The van der Waals surface area contributed by atoms with Crippen LogP contribution in [0.5, 0.6) is 17.2 Å². The number of nitrogens with one attached hydrogen (secondary N) is 2. The van der Waals surface area contributed by atoms with Gasteiger partial charge in [0.15, 0.2) is 11.5 Å². The summed E-state index contributed by atoms with van der Waals surface area (Å²) in [6.07, 6.45) is 0. The van der Waals surface area contributed by atoms with Crippen LogP contribution in [0.4, 0.5) is 5.69 Å². The molecule has 2 saturated heterocycles. The summed E-state index contributed by atoms with van der Waals surface area (Å²) in [6.45, 7) is 2.31. The summed E-state index contributed by atoms with van der Waals surface area (Å²) in [6, 6.07) is 20.2. The molecule has 4 atom stereocenters. The molecule has 2 aliphatic rings. The number of carbonyl (C=O) groups is 1. The number of hydrazine groups is 1. The lowest BCUT2D eigenvalue weighted by Gasteiger charge is -2.31. The van der Waals surface area contributed by atoms with Crippen molar-refractivity contribution in [2.24, 2.45) is 5.92 Å². The van der Waals surface area contributed by atoms with Crippen LogP contribution in [0.1, 0.15) is 30.1 Å². The molecular weight excluding hydrogens is 498 g/mol. The van der Waals surface area contributed by atoms with Crippen molar-refractivity contribution < 1.29 is 19.4 Å². The number of nitrogens with zero attached hydrogens (tertiary/aromatic N) is 1. The molecule has 2 aliphatic heterocycles. The normalized spacial score (nSPS) is 23.7. The molecule has 3 aromatic rings. The van der Waals surface area contributed by atoms with Gasteiger partial charge in [-0.1, -0.05) is 34.1 Å². The Kier molecular flexibility index (Phi) is 6.20. The number of hydrogen-bond donors (Lipinski definition) is 3. The largest absolute Gasteiger partial charge is 0.504 e. The lowest BCUT2D eigenvalue weighted by molar-refractivity contribution is -0.119. The van der Waals surface area contributed by atoms with E-state index in [0.717, 1.165) is 27.0 Å². The van der Waals surface area contributed by atoms with E-state index >= 15 is 0 Å². The fourth-order valence-electron chi connectivity index (χ4n) is 4.98. The first-order chi connectivity index (χ1) is 16.5. The summed E-state index contributed by atoms with van der Waals surface area (Å²) in [7, 11) is 1.64. The average molecular weight is 524 g/mol. The van der Waals surface area contributed by atoms with Crippen LogP contribution in [-0.2, 0) is 4.79 Å². The van der Waals surface area contributed by atoms with Gasteiger partial charge in [-0.15, -0.1) is 0 Å². The lowest BCUT2D eigenvalue weighted by atomic mass is 9.83. The van der Waals surface area contributed by atoms with Gasteiger partial charge in [-0.25, -0.2) is 10.9 Å². The number of amides is 1. The van der Waals surface area contributed by atoms with Crippen LogP contribution in [-0.4, -0.2) is 30.8 Å². The third kappa shape index (κ3) is 3.91. The van der Waals surface area contributed by atoms with Gasteiger partial charge in [-0.3, -0.25) is 4.79 Å². The van der Waals surface area contributed by atoms with Gasteiger partial charge in [0, 0.05) is 16.1 Å². The van der Waals surface area contributed by atoms with E-state index in [1.165, 1.54) is 0 Å². The second kappa shape index (κ2) is 9.29. The molecule has 0 radical (unpaired) electrons. The highest BCUT2D eigenvalue weighted by Crippen LogP contribution is 2.50. The van der Waals surface area contributed by atoms with E-state index < -0.39 is 6.04 Å². The fourth-order valence-corrected chi connectivity index (χ4v) is 5.24. The molecule has 1 amide bonds. The predicted molar refractivity (Wildman–Crippen MR) is 133 cm³/mol. The summed E-state index contributed by atoms with van der Waals surface area (Å²) >= 11 is 3.48. The zero-order valence-electron chi connectivity index (χ0n) is 18.9. The number of anilines is 1. The standard InChI is InChI=1S/C26H26BrN3O4/c1-3-34-21-14-16(6-13-20(21)31)25-22-23(15-4-11-19(33-2)12-5-15)28-29-24(22)26(32)30(25)18-9-7-17(27)8-10-18/h4-14,22-25,28-29,31H,3H2,1-2H3. The molecule has 0 aromatic heterocycles. The van der Waals surface area contributed by atoms with Crippen LogP contribution in [0, 0.1) is 5.92 Å². The fraction of sp³-hybridized carbons (Fsp3) is 0.269. The molecule has 176 valence electrons. The Bertz CT molecular complexity index is 1190. The number of benzene rings is 3. The minimum absolute atomic E-state index is 0.00753. The van der Waals surface area contributed by atoms with Gasteiger partial charge >= 0.3 is 0 Å². The smallest absolute Gasteiger partial charge is 0.246 e. The Hall–Kier alpha value is -3.07. The van der Waals surface area contributed by atoms with Crippen molar-refractivity contribution in [3.63, 3.8) is 0 Å². The summed E-state index contributed by atoms with van der Waals surface area (Å²) in [4.78, 5) is 15.6. The monoisotopic (exact) mass is 523 g/mol. The Morgan fingerprint density at radius 3 is 2.32 bits per heavy atom. The number of hydrogen-bond acceptors (Lipinski definition) is 6. The predicted octanol–water partition coefficient (Wildman–Crippen LogP) is 4.48. The van der Waals surface area contributed by atoms with Crippen LogP contribution in [0.15, 0.2) is 71.2 Å². The molecule has 2 heterocycles. The Labute approximate surface area is 206 Å². The van der Waals surface area contributed by atoms with E-state index in [1.807, 2.05) is 72.5 Å². The summed E-state index contributed by atoms with van der Waals surface area (Å²) in [5, 5.41) is 10.3. The van der Waals surface area contributed by atoms with Gasteiger partial charge < -0.3 is 19.5 Å². The van der Waals surface area contributed by atoms with E-state index in [9.17, 15) is 9.90 Å². The maximum Gasteiger partial charge on any atom is 0.246 e. The van der Waals surface area contributed by atoms with Crippen LogP contribution < -0.4 is 25.2 Å². The van der Waals surface area contributed by atoms with Crippen molar-refractivity contribution >= 4 is 27.5 Å². The number of halogens is 1. The maximum absolute atomic E-state index is 13.7. The van der Waals surface area contributed by atoms with E-state index in [0.29, 0.717) is 12.4 Å². The first-order valence-corrected chi connectivity index (χ1v) is 12.0. The van der Waals surface area contributed by atoms with Crippen LogP contribution in [0.3, 0.4) is 0 Å². The van der Waals surface area contributed by atoms with Crippen molar-refractivity contribution in [1.82, 2.24) is 10.9 Å². The Morgan fingerprint density at radius 1 is 0.971 bits per heavy atom. The van der Waals surface area contributed by atoms with Gasteiger partial charge in [0.1, 0.15) is 11.8 Å². The quantitative estimate of drug-likeness (QED) is 0.441. The van der Waals surface area contributed by atoms with Crippen molar-refractivity contribution in [1.29, 1.82) is 0 Å². The number of carbonyl (C=O) groups excluding carboxylic acids is 1. The second-order valence-corrected chi connectivity index (χ2v) is 9.30. The third-order valence-corrected chi connectivity index (χ3v) is 7.04. The number of fused-ring (bicyclic) bond motifs is 1. The number of rotatable bonds is 6. The Balaban J connectivity index is 1.62. The van der Waals surface area contributed by atoms with Crippen molar-refractivity contribution in [2.75, 3.05) is 18.6 Å². The topological polar surface area (TPSA) is 83.1 Å². The second-order valence-electron chi connectivity index (χ2n) is 8.38. The number of ether oxygens (including phenoxy) is 2. The molecule has 3 N–H and O–H groups in total. The number of phenols is 1. The maximum atomic E-state index is 13.7. The first kappa shape index (κ1) is 22.7. The van der Waals surface area contributed by atoms with Gasteiger partial charge in [0.25, 0.3) is 0 Å². The molecule has 3 aromatic carbocycles. The minimum atomic E-state index is -0.412. The molecule has 8 heteroatoms. The van der Waals surface area contributed by atoms with E-state index in [1.54, 1.807) is 13.2 Å². The Morgan fingerprint density at radius 2 is 1.65 bits per heavy atom. The van der Waals surface area contributed by atoms with E-state index in [2.05, 4.69) is 26.8 Å². The average Bonchev–Trinajstić information content (AvgIpc) is 3.40. The van der Waals surface area contributed by atoms with Gasteiger partial charge in [-0.05, 0) is 66.6 Å². The highest BCUT2D eigenvalue weighted by molar-refractivity contribution is 9.10. The lowest BCUT2D eigenvalue weighted by Crippen LogP contribution is -2.41.